The number of fused-ring (bicyclic) bond motifs is 2. The molecule has 3 heterocycles. The van der Waals surface area contributed by atoms with Crippen molar-refractivity contribution in [2.24, 2.45) is 0 Å². The van der Waals surface area contributed by atoms with Crippen LogP contribution in [-0.4, -0.2) is 45.9 Å². The Bertz CT molecular complexity index is 1180. The standard InChI is InChI=1S/C23H27N5OS/c1-4-5-12-28(3)23(29)20-15(2)19-21(26-14-27-22(19)30-20)24-11-10-16-13-25-18-9-7-6-8-17(16)18/h6-9,13-14,25H,4-5,10-12H2,1-3H3,(H,24,26,27). The van der Waals surface area contributed by atoms with Crippen LogP contribution in [0.1, 0.15) is 40.6 Å². The minimum atomic E-state index is 0.0636. The lowest BCUT2D eigenvalue weighted by Crippen LogP contribution is -2.27. The Morgan fingerprint density at radius 2 is 2.10 bits per heavy atom. The van der Waals surface area contributed by atoms with E-state index in [0.29, 0.717) is 0 Å². The first-order chi connectivity index (χ1) is 14.6. The second-order valence-corrected chi connectivity index (χ2v) is 8.57. The van der Waals surface area contributed by atoms with E-state index in [-0.39, 0.29) is 5.91 Å². The first kappa shape index (κ1) is 20.3. The number of hydrogen-bond donors (Lipinski definition) is 2. The fourth-order valence-corrected chi connectivity index (χ4v) is 4.88. The quantitative estimate of drug-likeness (QED) is 0.419. The number of rotatable bonds is 8. The molecule has 0 saturated heterocycles. The van der Waals surface area contributed by atoms with Crippen LogP contribution in [0.15, 0.2) is 36.8 Å². The van der Waals surface area contributed by atoms with Gasteiger partial charge in [-0.25, -0.2) is 9.97 Å². The Balaban J connectivity index is 1.53. The molecule has 0 radical (unpaired) electrons. The van der Waals surface area contributed by atoms with Gasteiger partial charge in [-0.3, -0.25) is 4.79 Å². The first-order valence-corrected chi connectivity index (χ1v) is 11.2. The number of aromatic amines is 1. The highest BCUT2D eigenvalue weighted by atomic mass is 32.1. The van der Waals surface area contributed by atoms with Crippen molar-refractivity contribution in [3.8, 4) is 0 Å². The van der Waals surface area contributed by atoms with Crippen LogP contribution in [0.25, 0.3) is 21.1 Å². The summed E-state index contributed by atoms with van der Waals surface area (Å²) in [6, 6.07) is 8.33. The number of nitrogens with one attached hydrogen (secondary N) is 2. The number of H-pyrrole nitrogens is 1. The number of anilines is 1. The second kappa shape index (κ2) is 8.83. The smallest absolute Gasteiger partial charge is 0.264 e. The normalized spacial score (nSPS) is 11.3. The van der Waals surface area contributed by atoms with Crippen LogP contribution in [-0.2, 0) is 6.42 Å². The highest BCUT2D eigenvalue weighted by molar-refractivity contribution is 7.20. The van der Waals surface area contributed by atoms with Crippen molar-refractivity contribution < 1.29 is 4.79 Å². The van der Waals surface area contributed by atoms with E-state index in [1.54, 1.807) is 11.2 Å². The predicted octanol–water partition coefficient (Wildman–Crippen LogP) is 5.01. The number of carbonyl (C=O) groups excluding carboxylic acids is 1. The molecule has 1 amide bonds. The molecule has 156 valence electrons. The number of unbranched alkanes of at least 4 members (excludes halogenated alkanes) is 1. The summed E-state index contributed by atoms with van der Waals surface area (Å²) in [5.41, 5.74) is 3.39. The van der Waals surface area contributed by atoms with Crippen LogP contribution in [0.4, 0.5) is 5.82 Å². The molecule has 3 aromatic heterocycles. The molecule has 0 aliphatic heterocycles. The SMILES string of the molecule is CCCCN(C)C(=O)c1sc2ncnc(NCCc3c[nH]c4ccccc34)c2c1C. The molecule has 4 aromatic rings. The molecule has 6 nitrogen and oxygen atoms in total. The summed E-state index contributed by atoms with van der Waals surface area (Å²) in [6.45, 7) is 5.65. The fraction of sp³-hybridized carbons (Fsp3) is 0.348. The zero-order valence-corrected chi connectivity index (χ0v) is 18.5. The Hall–Kier alpha value is -2.93. The van der Waals surface area contributed by atoms with Gasteiger partial charge in [-0.1, -0.05) is 31.5 Å². The number of hydrogen-bond acceptors (Lipinski definition) is 5. The van der Waals surface area contributed by atoms with Gasteiger partial charge in [-0.2, -0.15) is 0 Å². The number of thiophene rings is 1. The Labute approximate surface area is 180 Å². The van der Waals surface area contributed by atoms with Crippen molar-refractivity contribution in [1.82, 2.24) is 19.9 Å². The van der Waals surface area contributed by atoms with E-state index in [0.717, 1.165) is 64.3 Å². The third-order valence-electron chi connectivity index (χ3n) is 5.48. The van der Waals surface area contributed by atoms with E-state index < -0.39 is 0 Å². The molecule has 0 atom stereocenters. The van der Waals surface area contributed by atoms with Gasteiger partial charge in [0.2, 0.25) is 0 Å². The fourth-order valence-electron chi connectivity index (χ4n) is 3.73. The molecule has 30 heavy (non-hydrogen) atoms. The van der Waals surface area contributed by atoms with Gasteiger partial charge < -0.3 is 15.2 Å². The van der Waals surface area contributed by atoms with E-state index in [2.05, 4.69) is 51.6 Å². The summed E-state index contributed by atoms with van der Waals surface area (Å²) >= 11 is 1.45. The van der Waals surface area contributed by atoms with Gasteiger partial charge in [-0.05, 0) is 37.0 Å². The Morgan fingerprint density at radius 3 is 2.93 bits per heavy atom. The van der Waals surface area contributed by atoms with Crippen LogP contribution in [0.3, 0.4) is 0 Å². The van der Waals surface area contributed by atoms with E-state index in [1.807, 2.05) is 20.0 Å². The van der Waals surface area contributed by atoms with Crippen molar-refractivity contribution in [1.29, 1.82) is 0 Å². The van der Waals surface area contributed by atoms with Gasteiger partial charge in [0.15, 0.2) is 0 Å². The maximum absolute atomic E-state index is 12.9. The monoisotopic (exact) mass is 421 g/mol. The molecule has 0 saturated carbocycles. The number of amides is 1. The number of carbonyl (C=O) groups is 1. The van der Waals surface area contributed by atoms with E-state index in [4.69, 9.17) is 0 Å². The average Bonchev–Trinajstić information content (AvgIpc) is 3.33. The summed E-state index contributed by atoms with van der Waals surface area (Å²) in [6.07, 6.45) is 6.60. The van der Waals surface area contributed by atoms with E-state index >= 15 is 0 Å². The van der Waals surface area contributed by atoms with Gasteiger partial charge in [0.25, 0.3) is 5.91 Å². The third kappa shape index (κ3) is 3.89. The van der Waals surface area contributed by atoms with Crippen molar-refractivity contribution in [3.05, 3.63) is 52.8 Å². The summed E-state index contributed by atoms with van der Waals surface area (Å²) in [4.78, 5) is 28.5. The molecule has 0 spiro atoms. The van der Waals surface area contributed by atoms with E-state index in [9.17, 15) is 4.79 Å². The largest absolute Gasteiger partial charge is 0.369 e. The molecular formula is C23H27N5OS. The number of nitrogens with zero attached hydrogens (tertiary/aromatic N) is 3. The van der Waals surface area contributed by atoms with Gasteiger partial charge in [0, 0.05) is 37.2 Å². The molecule has 1 aromatic carbocycles. The third-order valence-corrected chi connectivity index (χ3v) is 6.66. The van der Waals surface area contributed by atoms with Gasteiger partial charge in [-0.15, -0.1) is 11.3 Å². The lowest BCUT2D eigenvalue weighted by molar-refractivity contribution is 0.0797. The predicted molar refractivity (Wildman–Crippen MR) is 125 cm³/mol. The average molecular weight is 422 g/mol. The minimum Gasteiger partial charge on any atom is -0.369 e. The zero-order valence-electron chi connectivity index (χ0n) is 17.7. The zero-order chi connectivity index (χ0) is 21.1. The molecule has 0 aliphatic rings. The minimum absolute atomic E-state index is 0.0636. The van der Waals surface area contributed by atoms with Gasteiger partial charge in [0.05, 0.1) is 10.3 Å². The molecule has 0 fully saturated rings. The summed E-state index contributed by atoms with van der Waals surface area (Å²) in [5.74, 6) is 0.859. The second-order valence-electron chi connectivity index (χ2n) is 7.58. The highest BCUT2D eigenvalue weighted by Crippen LogP contribution is 2.34. The topological polar surface area (TPSA) is 73.9 Å². The molecule has 2 N–H and O–H groups in total. The molecule has 7 heteroatoms. The maximum atomic E-state index is 12.9. The van der Waals surface area contributed by atoms with Crippen LogP contribution in [0, 0.1) is 6.92 Å². The van der Waals surface area contributed by atoms with E-state index in [1.165, 1.54) is 22.3 Å². The van der Waals surface area contributed by atoms with Crippen molar-refractivity contribution in [2.45, 2.75) is 33.1 Å². The van der Waals surface area contributed by atoms with Crippen molar-refractivity contribution >= 4 is 44.2 Å². The van der Waals surface area contributed by atoms with Crippen LogP contribution < -0.4 is 5.32 Å². The first-order valence-electron chi connectivity index (χ1n) is 10.4. The highest BCUT2D eigenvalue weighted by Gasteiger charge is 2.21. The number of para-hydroxylation sites is 1. The Kier molecular flexibility index (Phi) is 5.99. The molecule has 0 aliphatic carbocycles. The summed E-state index contributed by atoms with van der Waals surface area (Å²) in [5, 5.41) is 5.67. The Morgan fingerprint density at radius 1 is 1.27 bits per heavy atom. The number of benzene rings is 1. The van der Waals surface area contributed by atoms with Crippen LogP contribution in [0.2, 0.25) is 0 Å². The number of aryl methyl sites for hydroxylation is 1. The van der Waals surface area contributed by atoms with Gasteiger partial charge in [0.1, 0.15) is 17.0 Å². The van der Waals surface area contributed by atoms with Crippen LogP contribution in [0.5, 0.6) is 0 Å². The lowest BCUT2D eigenvalue weighted by Gasteiger charge is -2.16. The number of aromatic nitrogens is 3. The molecule has 0 unspecified atom stereocenters. The van der Waals surface area contributed by atoms with Crippen molar-refractivity contribution in [3.63, 3.8) is 0 Å². The maximum Gasteiger partial charge on any atom is 0.264 e. The molecular weight excluding hydrogens is 394 g/mol. The summed E-state index contributed by atoms with van der Waals surface area (Å²) in [7, 11) is 1.87. The van der Waals surface area contributed by atoms with Crippen LogP contribution >= 0.6 is 11.3 Å². The molecule has 4 rings (SSSR count). The molecule has 0 bridgehead atoms. The van der Waals surface area contributed by atoms with Gasteiger partial charge >= 0.3 is 0 Å². The lowest BCUT2D eigenvalue weighted by atomic mass is 10.1. The van der Waals surface area contributed by atoms with Crippen molar-refractivity contribution in [2.75, 3.05) is 25.5 Å². The summed E-state index contributed by atoms with van der Waals surface area (Å²) < 4.78 is 0.